The number of sulfonamides is 1. The number of benzene rings is 2. The standard InChI is InChI=1S/C17H21NO5S/c1-3-22-16-6-4-14(5-7-16)18-24(19,20)13-12-23-17-10-8-15(21-2)9-11-17/h4-11,18H,3,12-13H2,1-2H3. The second-order valence-electron chi connectivity index (χ2n) is 4.90. The van der Waals surface area contributed by atoms with Crippen molar-refractivity contribution < 1.29 is 22.6 Å². The largest absolute Gasteiger partial charge is 0.497 e. The van der Waals surface area contributed by atoms with Gasteiger partial charge in [0.1, 0.15) is 29.6 Å². The van der Waals surface area contributed by atoms with Gasteiger partial charge in [-0.2, -0.15) is 0 Å². The molecule has 0 atom stereocenters. The molecule has 0 saturated heterocycles. The Bertz CT molecular complexity index is 727. The van der Waals surface area contributed by atoms with Gasteiger partial charge in [-0.05, 0) is 55.5 Å². The van der Waals surface area contributed by atoms with Crippen LogP contribution in [0.5, 0.6) is 17.2 Å². The Balaban J connectivity index is 1.84. The lowest BCUT2D eigenvalue weighted by molar-refractivity contribution is 0.339. The molecule has 0 saturated carbocycles. The molecule has 2 rings (SSSR count). The fraction of sp³-hybridized carbons (Fsp3) is 0.294. The van der Waals surface area contributed by atoms with Gasteiger partial charge < -0.3 is 14.2 Å². The first-order chi connectivity index (χ1) is 11.5. The summed E-state index contributed by atoms with van der Waals surface area (Å²) in [4.78, 5) is 0. The fourth-order valence-electron chi connectivity index (χ4n) is 1.96. The maximum Gasteiger partial charge on any atom is 0.236 e. The molecule has 0 aliphatic carbocycles. The lowest BCUT2D eigenvalue weighted by Gasteiger charge is -2.10. The molecule has 2 aromatic rings. The van der Waals surface area contributed by atoms with E-state index < -0.39 is 10.0 Å². The molecular weight excluding hydrogens is 330 g/mol. The number of hydrogen-bond acceptors (Lipinski definition) is 5. The van der Waals surface area contributed by atoms with Crippen molar-refractivity contribution in [2.75, 3.05) is 30.8 Å². The summed E-state index contributed by atoms with van der Waals surface area (Å²) < 4.78 is 42.4. The predicted octanol–water partition coefficient (Wildman–Crippen LogP) is 2.91. The zero-order valence-corrected chi connectivity index (χ0v) is 14.5. The molecule has 0 aliphatic rings. The third-order valence-electron chi connectivity index (χ3n) is 3.12. The van der Waals surface area contributed by atoms with Crippen LogP contribution >= 0.6 is 0 Å². The lowest BCUT2D eigenvalue weighted by atomic mass is 10.3. The summed E-state index contributed by atoms with van der Waals surface area (Å²) in [7, 11) is -1.90. The van der Waals surface area contributed by atoms with E-state index >= 15 is 0 Å². The van der Waals surface area contributed by atoms with Crippen molar-refractivity contribution in [3.05, 3.63) is 48.5 Å². The van der Waals surface area contributed by atoms with Crippen molar-refractivity contribution >= 4 is 15.7 Å². The first-order valence-electron chi connectivity index (χ1n) is 7.52. The van der Waals surface area contributed by atoms with Gasteiger partial charge in [0.15, 0.2) is 0 Å². The third kappa shape index (κ3) is 5.66. The normalized spacial score (nSPS) is 10.9. The van der Waals surface area contributed by atoms with E-state index in [1.54, 1.807) is 55.6 Å². The summed E-state index contributed by atoms with van der Waals surface area (Å²) in [6.07, 6.45) is 0. The van der Waals surface area contributed by atoms with E-state index in [0.717, 1.165) is 0 Å². The van der Waals surface area contributed by atoms with Crippen LogP contribution in [-0.4, -0.2) is 34.5 Å². The van der Waals surface area contributed by atoms with E-state index in [4.69, 9.17) is 14.2 Å². The molecule has 0 aliphatic heterocycles. The van der Waals surface area contributed by atoms with Gasteiger partial charge in [0.2, 0.25) is 10.0 Å². The van der Waals surface area contributed by atoms with Gasteiger partial charge in [0, 0.05) is 5.69 Å². The van der Waals surface area contributed by atoms with Crippen LogP contribution < -0.4 is 18.9 Å². The van der Waals surface area contributed by atoms with E-state index in [-0.39, 0.29) is 12.4 Å². The average molecular weight is 351 g/mol. The van der Waals surface area contributed by atoms with Gasteiger partial charge in [-0.25, -0.2) is 8.42 Å². The van der Waals surface area contributed by atoms with Crippen LogP contribution in [0.2, 0.25) is 0 Å². The average Bonchev–Trinajstić information content (AvgIpc) is 2.57. The van der Waals surface area contributed by atoms with Gasteiger partial charge in [-0.3, -0.25) is 4.72 Å². The van der Waals surface area contributed by atoms with Crippen molar-refractivity contribution in [1.29, 1.82) is 0 Å². The first-order valence-corrected chi connectivity index (χ1v) is 9.18. The van der Waals surface area contributed by atoms with Crippen LogP contribution in [0.3, 0.4) is 0 Å². The van der Waals surface area contributed by atoms with Crippen LogP contribution in [0.1, 0.15) is 6.92 Å². The van der Waals surface area contributed by atoms with Crippen molar-refractivity contribution in [3.8, 4) is 17.2 Å². The third-order valence-corrected chi connectivity index (χ3v) is 4.37. The Kier molecular flexibility index (Phi) is 6.31. The molecule has 0 radical (unpaired) electrons. The number of rotatable bonds is 9. The summed E-state index contributed by atoms with van der Waals surface area (Å²) in [6.45, 7) is 2.51. The van der Waals surface area contributed by atoms with Gasteiger partial charge in [0.25, 0.3) is 0 Å². The van der Waals surface area contributed by atoms with E-state index in [2.05, 4.69) is 4.72 Å². The summed E-state index contributed by atoms with van der Waals surface area (Å²) in [5, 5.41) is 0. The minimum atomic E-state index is -3.48. The molecule has 7 heteroatoms. The van der Waals surface area contributed by atoms with Crippen LogP contribution in [0, 0.1) is 0 Å². The molecule has 6 nitrogen and oxygen atoms in total. The number of nitrogens with one attached hydrogen (secondary N) is 1. The highest BCUT2D eigenvalue weighted by atomic mass is 32.2. The van der Waals surface area contributed by atoms with Gasteiger partial charge in [-0.1, -0.05) is 0 Å². The zero-order chi connectivity index (χ0) is 17.4. The van der Waals surface area contributed by atoms with Crippen LogP contribution in [-0.2, 0) is 10.0 Å². The van der Waals surface area contributed by atoms with Gasteiger partial charge in [-0.15, -0.1) is 0 Å². The second kappa shape index (κ2) is 8.44. The van der Waals surface area contributed by atoms with E-state index in [1.165, 1.54) is 0 Å². The molecule has 0 spiro atoms. The zero-order valence-electron chi connectivity index (χ0n) is 13.7. The quantitative estimate of drug-likeness (QED) is 0.752. The molecule has 0 amide bonds. The predicted molar refractivity (Wildman–Crippen MR) is 93.5 cm³/mol. The highest BCUT2D eigenvalue weighted by Crippen LogP contribution is 2.18. The Morgan fingerprint density at radius 3 is 2.00 bits per heavy atom. The van der Waals surface area contributed by atoms with E-state index in [1.807, 2.05) is 6.92 Å². The Morgan fingerprint density at radius 2 is 1.42 bits per heavy atom. The number of methoxy groups -OCH3 is 1. The smallest absolute Gasteiger partial charge is 0.236 e. The minimum absolute atomic E-state index is 0.0543. The maximum atomic E-state index is 12.1. The van der Waals surface area contributed by atoms with Crippen molar-refractivity contribution in [2.45, 2.75) is 6.92 Å². The van der Waals surface area contributed by atoms with Crippen molar-refractivity contribution in [3.63, 3.8) is 0 Å². The number of ether oxygens (including phenoxy) is 3. The molecule has 0 fully saturated rings. The van der Waals surface area contributed by atoms with Crippen molar-refractivity contribution in [2.24, 2.45) is 0 Å². The first kappa shape index (κ1) is 17.9. The summed E-state index contributed by atoms with van der Waals surface area (Å²) in [6, 6.07) is 13.7. The second-order valence-corrected chi connectivity index (χ2v) is 6.74. The molecule has 1 N–H and O–H groups in total. The summed E-state index contributed by atoms with van der Waals surface area (Å²) in [5.41, 5.74) is 0.489. The molecule has 0 heterocycles. The highest BCUT2D eigenvalue weighted by molar-refractivity contribution is 7.92. The van der Waals surface area contributed by atoms with Crippen LogP contribution in [0.15, 0.2) is 48.5 Å². The minimum Gasteiger partial charge on any atom is -0.497 e. The highest BCUT2D eigenvalue weighted by Gasteiger charge is 2.11. The number of hydrogen-bond donors (Lipinski definition) is 1. The fourth-order valence-corrected chi connectivity index (χ4v) is 2.86. The molecule has 0 aromatic heterocycles. The molecule has 24 heavy (non-hydrogen) atoms. The topological polar surface area (TPSA) is 73.9 Å². The summed E-state index contributed by atoms with van der Waals surface area (Å²) in [5.74, 6) is 1.86. The molecule has 0 unspecified atom stereocenters. The van der Waals surface area contributed by atoms with Gasteiger partial charge >= 0.3 is 0 Å². The van der Waals surface area contributed by atoms with E-state index in [9.17, 15) is 8.42 Å². The van der Waals surface area contributed by atoms with Crippen LogP contribution in [0.25, 0.3) is 0 Å². The monoisotopic (exact) mass is 351 g/mol. The Labute approximate surface area is 142 Å². The van der Waals surface area contributed by atoms with Crippen LogP contribution in [0.4, 0.5) is 5.69 Å². The number of anilines is 1. The maximum absolute atomic E-state index is 12.1. The Hall–Kier alpha value is -2.41. The lowest BCUT2D eigenvalue weighted by Crippen LogP contribution is -2.21. The summed E-state index contributed by atoms with van der Waals surface area (Å²) >= 11 is 0. The molecule has 2 aromatic carbocycles. The molecular formula is C17H21NO5S. The van der Waals surface area contributed by atoms with Gasteiger partial charge in [0.05, 0.1) is 13.7 Å². The Morgan fingerprint density at radius 1 is 0.875 bits per heavy atom. The van der Waals surface area contributed by atoms with E-state index in [0.29, 0.717) is 29.5 Å². The SMILES string of the molecule is CCOc1ccc(NS(=O)(=O)CCOc2ccc(OC)cc2)cc1. The molecule has 130 valence electrons. The van der Waals surface area contributed by atoms with Crippen molar-refractivity contribution in [1.82, 2.24) is 0 Å². The molecule has 0 bridgehead atoms.